The fourth-order valence-electron chi connectivity index (χ4n) is 3.59. The number of hydrogen-bond acceptors (Lipinski definition) is 3. The lowest BCUT2D eigenvalue weighted by molar-refractivity contribution is -0.170. The van der Waals surface area contributed by atoms with Gasteiger partial charge in [0.2, 0.25) is 5.91 Å². The lowest BCUT2D eigenvalue weighted by Gasteiger charge is -2.43. The topological polar surface area (TPSA) is 58.6 Å². The van der Waals surface area contributed by atoms with Crippen LogP contribution >= 0.6 is 0 Å². The molecule has 1 saturated heterocycles. The number of carbonyl (C=O) groups excluding carboxylic acids is 2. The summed E-state index contributed by atoms with van der Waals surface area (Å²) in [4.78, 5) is 25.5. The molecule has 0 bridgehead atoms. The molecular weight excluding hydrogens is 373 g/mol. The zero-order valence-corrected chi connectivity index (χ0v) is 16.4. The van der Waals surface area contributed by atoms with Crippen molar-refractivity contribution in [2.45, 2.75) is 64.2 Å². The Labute approximate surface area is 163 Å². The molecule has 3 atom stereocenters. The van der Waals surface area contributed by atoms with Gasteiger partial charge in [-0.15, -0.1) is 0 Å². The minimum absolute atomic E-state index is 0.202. The molecular formula is C20H27F3N2O3. The second kappa shape index (κ2) is 9.30. The van der Waals surface area contributed by atoms with Gasteiger partial charge in [-0.3, -0.25) is 4.79 Å². The van der Waals surface area contributed by atoms with Crippen LogP contribution in [0.4, 0.5) is 18.0 Å². The third-order valence-corrected chi connectivity index (χ3v) is 5.11. The Bertz CT molecular complexity index is 694. The Morgan fingerprint density at radius 3 is 2.61 bits per heavy atom. The van der Waals surface area contributed by atoms with Crippen LogP contribution in [-0.4, -0.2) is 48.3 Å². The average Bonchev–Trinajstić information content (AvgIpc) is 2.61. The third kappa shape index (κ3) is 5.62. The predicted molar refractivity (Wildman–Crippen MR) is 98.9 cm³/mol. The van der Waals surface area contributed by atoms with Crippen LogP contribution < -0.4 is 5.32 Å². The predicted octanol–water partition coefficient (Wildman–Crippen LogP) is 4.16. The van der Waals surface area contributed by atoms with Crippen molar-refractivity contribution >= 4 is 12.0 Å². The van der Waals surface area contributed by atoms with Gasteiger partial charge in [-0.1, -0.05) is 37.6 Å². The molecule has 0 spiro atoms. The van der Waals surface area contributed by atoms with Crippen LogP contribution in [0.25, 0.3) is 0 Å². The molecule has 1 N–H and O–H groups in total. The van der Waals surface area contributed by atoms with Gasteiger partial charge in [0.05, 0.1) is 6.61 Å². The monoisotopic (exact) mass is 400 g/mol. The van der Waals surface area contributed by atoms with Crippen LogP contribution in [0.2, 0.25) is 0 Å². The van der Waals surface area contributed by atoms with E-state index in [4.69, 9.17) is 4.74 Å². The van der Waals surface area contributed by atoms with E-state index in [9.17, 15) is 22.8 Å². The Hall–Kier alpha value is -2.25. The smallest absolute Gasteiger partial charge is 0.407 e. The Morgan fingerprint density at radius 1 is 1.32 bits per heavy atom. The number of ether oxygens (including phenoxy) is 1. The molecule has 2 amide bonds. The quantitative estimate of drug-likeness (QED) is 0.730. The van der Waals surface area contributed by atoms with Crippen LogP contribution in [0, 0.1) is 6.92 Å². The number of benzene rings is 1. The Kier molecular flexibility index (Phi) is 7.32. The van der Waals surface area contributed by atoms with Gasteiger partial charge in [-0.25, -0.2) is 4.79 Å². The van der Waals surface area contributed by atoms with E-state index in [1.54, 1.807) is 6.92 Å². The highest BCUT2D eigenvalue weighted by Gasteiger charge is 2.45. The molecule has 28 heavy (non-hydrogen) atoms. The average molecular weight is 400 g/mol. The Balaban J connectivity index is 2.25. The van der Waals surface area contributed by atoms with E-state index >= 15 is 0 Å². The number of carbonyl (C=O) groups is 2. The van der Waals surface area contributed by atoms with Gasteiger partial charge in [-0.05, 0) is 37.8 Å². The number of unbranched alkanes of at least 4 members (excludes halogenated alkanes) is 1. The fourth-order valence-corrected chi connectivity index (χ4v) is 3.59. The highest BCUT2D eigenvalue weighted by atomic mass is 19.4. The van der Waals surface area contributed by atoms with E-state index in [1.165, 1.54) is 0 Å². The van der Waals surface area contributed by atoms with E-state index in [2.05, 4.69) is 5.32 Å². The summed E-state index contributed by atoms with van der Waals surface area (Å²) in [6, 6.07) is 5.71. The molecule has 2 rings (SSSR count). The van der Waals surface area contributed by atoms with Crippen molar-refractivity contribution in [3.8, 4) is 0 Å². The first kappa shape index (κ1) is 22.0. The number of alkyl halides is 3. The van der Waals surface area contributed by atoms with Crippen molar-refractivity contribution in [2.75, 3.05) is 13.2 Å². The van der Waals surface area contributed by atoms with Crippen LogP contribution in [0.5, 0.6) is 0 Å². The molecule has 0 aliphatic carbocycles. The molecule has 156 valence electrons. The van der Waals surface area contributed by atoms with Crippen LogP contribution in [0.1, 0.15) is 50.2 Å². The number of aryl methyl sites for hydroxylation is 1. The fraction of sp³-hybridized carbons (Fsp3) is 0.600. The summed E-state index contributed by atoms with van der Waals surface area (Å²) in [6.45, 7) is 4.30. The number of hydrogen-bond donors (Lipinski definition) is 1. The first-order valence-corrected chi connectivity index (χ1v) is 9.50. The molecule has 0 radical (unpaired) electrons. The normalized spacial score (nSPS) is 22.9. The molecule has 1 heterocycles. The van der Waals surface area contributed by atoms with Gasteiger partial charge in [0.1, 0.15) is 12.6 Å². The van der Waals surface area contributed by atoms with Gasteiger partial charge in [-0.2, -0.15) is 13.2 Å². The van der Waals surface area contributed by atoms with E-state index in [0.717, 1.165) is 22.4 Å². The number of halogens is 3. The first-order chi connectivity index (χ1) is 13.1. The summed E-state index contributed by atoms with van der Waals surface area (Å²) in [6.07, 6.45) is -3.57. The lowest BCUT2D eigenvalue weighted by atomic mass is 9.80. The first-order valence-electron chi connectivity index (χ1n) is 9.50. The number of alkyl carbamates (subject to hydrolysis) is 1. The summed E-state index contributed by atoms with van der Waals surface area (Å²) in [5, 5.41) is 2.46. The summed E-state index contributed by atoms with van der Waals surface area (Å²) in [5.74, 6) is -1.07. The van der Waals surface area contributed by atoms with Crippen LogP contribution in [0.3, 0.4) is 0 Å². The van der Waals surface area contributed by atoms with Crippen LogP contribution in [0.15, 0.2) is 24.3 Å². The number of piperidine rings is 1. The third-order valence-electron chi connectivity index (χ3n) is 5.11. The maximum Gasteiger partial charge on any atom is 0.407 e. The van der Waals surface area contributed by atoms with Crippen molar-refractivity contribution in [1.29, 1.82) is 0 Å². The highest BCUT2D eigenvalue weighted by molar-refractivity contribution is 5.87. The maximum atomic E-state index is 13.1. The van der Waals surface area contributed by atoms with E-state index in [1.807, 2.05) is 38.1 Å². The largest absolute Gasteiger partial charge is 0.450 e. The van der Waals surface area contributed by atoms with Crippen LogP contribution in [-0.2, 0) is 9.53 Å². The second-order valence-corrected chi connectivity index (χ2v) is 7.21. The van der Waals surface area contributed by atoms with Gasteiger partial charge in [0.25, 0.3) is 0 Å². The van der Waals surface area contributed by atoms with E-state index in [-0.39, 0.29) is 18.9 Å². The summed E-state index contributed by atoms with van der Waals surface area (Å²) in [5.41, 5.74) is 1.81. The number of likely N-dealkylation sites (tertiary alicyclic amines) is 1. The van der Waals surface area contributed by atoms with Gasteiger partial charge in [0.15, 0.2) is 0 Å². The molecule has 1 aliphatic heterocycles. The molecule has 0 unspecified atom stereocenters. The number of nitrogens with one attached hydrogen (secondary N) is 1. The molecule has 0 aromatic heterocycles. The standard InChI is InChI=1S/C20H27F3N2O3/c1-4-5-10-28-19(27)24-17-11-16(15-9-7-6-8-13(15)2)14(3)25(18(17)26)12-20(21,22)23/h6-9,14,16-17H,4-5,10-12H2,1-3H3,(H,24,27)/t14-,16-,17+/m1/s1. The zero-order chi connectivity index (χ0) is 20.9. The van der Waals surface area contributed by atoms with Crippen molar-refractivity contribution in [1.82, 2.24) is 10.2 Å². The van der Waals surface area contributed by atoms with Gasteiger partial charge < -0.3 is 15.0 Å². The second-order valence-electron chi connectivity index (χ2n) is 7.21. The van der Waals surface area contributed by atoms with E-state index < -0.39 is 36.8 Å². The van der Waals surface area contributed by atoms with Crippen molar-refractivity contribution in [2.24, 2.45) is 0 Å². The minimum atomic E-state index is -4.52. The molecule has 1 fully saturated rings. The molecule has 1 aromatic carbocycles. The molecule has 1 aromatic rings. The zero-order valence-electron chi connectivity index (χ0n) is 16.4. The number of nitrogens with zero attached hydrogens (tertiary/aromatic N) is 1. The van der Waals surface area contributed by atoms with Crippen molar-refractivity contribution in [3.63, 3.8) is 0 Å². The van der Waals surface area contributed by atoms with Gasteiger partial charge in [0, 0.05) is 12.0 Å². The van der Waals surface area contributed by atoms with E-state index in [0.29, 0.717) is 6.42 Å². The molecule has 5 nitrogen and oxygen atoms in total. The van der Waals surface area contributed by atoms with Crippen molar-refractivity contribution < 1.29 is 27.5 Å². The highest BCUT2D eigenvalue weighted by Crippen LogP contribution is 2.36. The number of rotatable bonds is 6. The van der Waals surface area contributed by atoms with Crippen molar-refractivity contribution in [3.05, 3.63) is 35.4 Å². The summed E-state index contributed by atoms with van der Waals surface area (Å²) < 4.78 is 44.3. The number of amides is 2. The Morgan fingerprint density at radius 2 is 2.00 bits per heavy atom. The molecule has 0 saturated carbocycles. The molecule has 8 heteroatoms. The lowest BCUT2D eigenvalue weighted by Crippen LogP contribution is -2.59. The summed E-state index contributed by atoms with van der Waals surface area (Å²) >= 11 is 0. The molecule has 1 aliphatic rings. The SMILES string of the molecule is CCCCOC(=O)N[C@H]1C[C@@H](c2ccccc2C)[C@@H](C)N(CC(F)(F)F)C1=O. The maximum absolute atomic E-state index is 13.1. The summed E-state index contributed by atoms with van der Waals surface area (Å²) in [7, 11) is 0. The van der Waals surface area contributed by atoms with Gasteiger partial charge >= 0.3 is 12.3 Å². The minimum Gasteiger partial charge on any atom is -0.450 e.